The Hall–Kier alpha value is -1.98. The Morgan fingerprint density at radius 2 is 1.77 bits per heavy atom. The lowest BCUT2D eigenvalue weighted by Crippen LogP contribution is -2.50. The molecule has 0 radical (unpaired) electrons. The van der Waals surface area contributed by atoms with E-state index in [1.165, 1.54) is 5.56 Å². The number of halogens is 2. The van der Waals surface area contributed by atoms with Crippen LogP contribution in [0.1, 0.15) is 25.3 Å². The molecule has 3 rings (SSSR count). The van der Waals surface area contributed by atoms with Gasteiger partial charge in [-0.25, -0.2) is 9.78 Å². The first-order valence-corrected chi connectivity index (χ1v) is 9.41. The van der Waals surface area contributed by atoms with E-state index in [1.807, 2.05) is 23.1 Å². The first kappa shape index (κ1) is 18.8. The van der Waals surface area contributed by atoms with E-state index in [9.17, 15) is 4.79 Å². The molecule has 0 saturated carbocycles. The molecule has 2 amide bonds. The highest BCUT2D eigenvalue weighted by Crippen LogP contribution is 2.25. The average Bonchev–Trinajstić information content (AvgIpc) is 2.64. The highest BCUT2D eigenvalue weighted by atomic mass is 35.5. The van der Waals surface area contributed by atoms with Gasteiger partial charge in [0.25, 0.3) is 0 Å². The van der Waals surface area contributed by atoms with Crippen molar-refractivity contribution in [1.82, 2.24) is 9.88 Å². The topological polar surface area (TPSA) is 48.5 Å². The summed E-state index contributed by atoms with van der Waals surface area (Å²) in [6.45, 7) is 7.01. The summed E-state index contributed by atoms with van der Waals surface area (Å²) in [4.78, 5) is 20.5. The maximum atomic E-state index is 12.5. The van der Waals surface area contributed by atoms with Crippen LogP contribution < -0.4 is 10.2 Å². The van der Waals surface area contributed by atoms with E-state index < -0.39 is 0 Å². The Kier molecular flexibility index (Phi) is 5.89. The quantitative estimate of drug-likeness (QED) is 0.758. The summed E-state index contributed by atoms with van der Waals surface area (Å²) in [5, 5.41) is 3.71. The van der Waals surface area contributed by atoms with Crippen LogP contribution in [-0.4, -0.2) is 42.1 Å². The largest absolute Gasteiger partial charge is 0.367 e. The number of nitrogens with one attached hydrogen (secondary N) is 1. The normalized spacial score (nSPS) is 14.7. The summed E-state index contributed by atoms with van der Waals surface area (Å²) in [6.07, 6.45) is 1.71. The van der Waals surface area contributed by atoms with E-state index in [-0.39, 0.29) is 6.03 Å². The lowest BCUT2D eigenvalue weighted by molar-refractivity contribution is 0.208. The number of aromatic nitrogens is 1. The van der Waals surface area contributed by atoms with E-state index in [2.05, 4.69) is 41.2 Å². The Bertz CT molecular complexity index is 772. The highest BCUT2D eigenvalue weighted by Gasteiger charge is 2.22. The third kappa shape index (κ3) is 4.40. The molecule has 0 bridgehead atoms. The maximum Gasteiger partial charge on any atom is 0.321 e. The first-order valence-electron chi connectivity index (χ1n) is 8.66. The average molecular weight is 393 g/mol. The van der Waals surface area contributed by atoms with Gasteiger partial charge in [0, 0.05) is 31.9 Å². The maximum absolute atomic E-state index is 12.5. The molecule has 2 aromatic rings. The molecule has 1 fully saturated rings. The van der Waals surface area contributed by atoms with E-state index in [4.69, 9.17) is 23.2 Å². The van der Waals surface area contributed by atoms with Gasteiger partial charge in [-0.3, -0.25) is 0 Å². The van der Waals surface area contributed by atoms with E-state index in [0.717, 1.165) is 24.5 Å². The summed E-state index contributed by atoms with van der Waals surface area (Å²) >= 11 is 11.9. The second-order valence-electron chi connectivity index (χ2n) is 6.65. The lowest BCUT2D eigenvalue weighted by Gasteiger charge is -2.36. The molecular weight excluding hydrogens is 371 g/mol. The van der Waals surface area contributed by atoms with Crippen LogP contribution in [0.4, 0.5) is 16.2 Å². The standard InChI is InChI=1S/C19H22Cl2N4O/c1-13(2)14-3-5-15(6-4-14)23-19(26)25-9-7-24(8-10-25)16-11-17(20)18(21)22-12-16/h3-6,11-13H,7-10H2,1-2H3,(H,23,26). The molecule has 138 valence electrons. The van der Waals surface area contributed by atoms with Gasteiger partial charge in [0.2, 0.25) is 0 Å². The predicted molar refractivity (Wildman–Crippen MR) is 108 cm³/mol. The van der Waals surface area contributed by atoms with Gasteiger partial charge in [0.15, 0.2) is 0 Å². The zero-order chi connectivity index (χ0) is 18.7. The van der Waals surface area contributed by atoms with Gasteiger partial charge in [-0.15, -0.1) is 0 Å². The molecule has 0 unspecified atom stereocenters. The second kappa shape index (κ2) is 8.14. The fourth-order valence-electron chi connectivity index (χ4n) is 2.91. The summed E-state index contributed by atoms with van der Waals surface area (Å²) in [5.41, 5.74) is 2.99. The zero-order valence-corrected chi connectivity index (χ0v) is 16.4. The minimum atomic E-state index is -0.0748. The van der Waals surface area contributed by atoms with Gasteiger partial charge in [-0.05, 0) is 29.7 Å². The van der Waals surface area contributed by atoms with Gasteiger partial charge < -0.3 is 15.1 Å². The van der Waals surface area contributed by atoms with Crippen molar-refractivity contribution in [2.75, 3.05) is 36.4 Å². The number of carbonyl (C=O) groups is 1. The Morgan fingerprint density at radius 1 is 1.12 bits per heavy atom. The van der Waals surface area contributed by atoms with Gasteiger partial charge in [0.1, 0.15) is 5.15 Å². The van der Waals surface area contributed by atoms with E-state index in [0.29, 0.717) is 29.2 Å². The molecular formula is C19H22Cl2N4O. The van der Waals surface area contributed by atoms with E-state index in [1.54, 1.807) is 6.20 Å². The van der Waals surface area contributed by atoms with Gasteiger partial charge in [-0.1, -0.05) is 49.2 Å². The van der Waals surface area contributed by atoms with Crippen molar-refractivity contribution in [3.05, 3.63) is 52.3 Å². The van der Waals surface area contributed by atoms with Crippen molar-refractivity contribution < 1.29 is 4.79 Å². The van der Waals surface area contributed by atoms with Crippen molar-refractivity contribution in [2.24, 2.45) is 0 Å². The Morgan fingerprint density at radius 3 is 2.35 bits per heavy atom. The fraction of sp³-hybridized carbons (Fsp3) is 0.368. The number of hydrogen-bond acceptors (Lipinski definition) is 3. The molecule has 2 heterocycles. The minimum absolute atomic E-state index is 0.0748. The van der Waals surface area contributed by atoms with Crippen LogP contribution in [-0.2, 0) is 0 Å². The molecule has 1 aromatic carbocycles. The number of rotatable bonds is 3. The van der Waals surface area contributed by atoms with Gasteiger partial charge >= 0.3 is 6.03 Å². The van der Waals surface area contributed by atoms with Crippen molar-refractivity contribution in [1.29, 1.82) is 0 Å². The molecule has 0 aliphatic carbocycles. The molecule has 26 heavy (non-hydrogen) atoms. The van der Waals surface area contributed by atoms with Crippen molar-refractivity contribution in [3.8, 4) is 0 Å². The third-order valence-electron chi connectivity index (χ3n) is 4.54. The van der Waals surface area contributed by atoms with Crippen LogP contribution >= 0.6 is 23.2 Å². The molecule has 1 aromatic heterocycles. The molecule has 0 atom stereocenters. The number of piperazine rings is 1. The Labute approximate surface area is 163 Å². The fourth-order valence-corrected chi connectivity index (χ4v) is 3.17. The van der Waals surface area contributed by atoms with Crippen molar-refractivity contribution >= 4 is 40.6 Å². The minimum Gasteiger partial charge on any atom is -0.367 e. The number of pyridine rings is 1. The van der Waals surface area contributed by atoms with Crippen LogP contribution in [0.25, 0.3) is 0 Å². The first-order chi connectivity index (χ1) is 12.4. The lowest BCUT2D eigenvalue weighted by atomic mass is 10.0. The van der Waals surface area contributed by atoms with Crippen molar-refractivity contribution in [2.45, 2.75) is 19.8 Å². The summed E-state index contributed by atoms with van der Waals surface area (Å²) in [5.74, 6) is 0.476. The highest BCUT2D eigenvalue weighted by molar-refractivity contribution is 6.41. The van der Waals surface area contributed by atoms with Crippen LogP contribution in [0.15, 0.2) is 36.5 Å². The molecule has 1 saturated heterocycles. The van der Waals surface area contributed by atoms with Crippen LogP contribution in [0.3, 0.4) is 0 Å². The number of hydrogen-bond donors (Lipinski definition) is 1. The molecule has 1 aliphatic heterocycles. The predicted octanol–water partition coefficient (Wildman–Crippen LogP) is 4.87. The third-order valence-corrected chi connectivity index (χ3v) is 5.23. The van der Waals surface area contributed by atoms with Crippen LogP contribution in [0.2, 0.25) is 10.2 Å². The molecule has 0 spiro atoms. The molecule has 1 N–H and O–H groups in total. The summed E-state index contributed by atoms with van der Waals surface area (Å²) in [6, 6.07) is 9.73. The van der Waals surface area contributed by atoms with Gasteiger partial charge in [0.05, 0.1) is 16.9 Å². The number of amides is 2. The summed E-state index contributed by atoms with van der Waals surface area (Å²) < 4.78 is 0. The van der Waals surface area contributed by atoms with Crippen LogP contribution in [0.5, 0.6) is 0 Å². The second-order valence-corrected chi connectivity index (χ2v) is 7.41. The smallest absolute Gasteiger partial charge is 0.321 e. The molecule has 1 aliphatic rings. The number of anilines is 2. The molecule has 5 nitrogen and oxygen atoms in total. The number of carbonyl (C=O) groups excluding carboxylic acids is 1. The Balaban J connectivity index is 1.55. The van der Waals surface area contributed by atoms with E-state index >= 15 is 0 Å². The van der Waals surface area contributed by atoms with Gasteiger partial charge in [-0.2, -0.15) is 0 Å². The SMILES string of the molecule is CC(C)c1ccc(NC(=O)N2CCN(c3cnc(Cl)c(Cl)c3)CC2)cc1. The summed E-state index contributed by atoms with van der Waals surface area (Å²) in [7, 11) is 0. The van der Waals surface area contributed by atoms with Crippen LogP contribution in [0, 0.1) is 0 Å². The van der Waals surface area contributed by atoms with Crippen molar-refractivity contribution in [3.63, 3.8) is 0 Å². The zero-order valence-electron chi connectivity index (χ0n) is 14.9. The number of benzene rings is 1. The number of urea groups is 1. The number of nitrogens with zero attached hydrogens (tertiary/aromatic N) is 3. The monoisotopic (exact) mass is 392 g/mol. The molecule has 7 heteroatoms.